The molecule has 104 valence electrons. The SMILES string of the molecule is CNC(Cn1cnc(C)c1C)c1cc2ccccc2o1. The van der Waals surface area contributed by atoms with E-state index in [-0.39, 0.29) is 6.04 Å². The van der Waals surface area contributed by atoms with Gasteiger partial charge < -0.3 is 14.3 Å². The number of likely N-dealkylation sites (N-methyl/N-ethyl adjacent to an activating group) is 1. The topological polar surface area (TPSA) is 43.0 Å². The Morgan fingerprint density at radius 3 is 2.75 bits per heavy atom. The van der Waals surface area contributed by atoms with E-state index in [0.29, 0.717) is 0 Å². The van der Waals surface area contributed by atoms with Crippen LogP contribution in [0.25, 0.3) is 11.0 Å². The first-order chi connectivity index (χ1) is 9.69. The predicted octanol–water partition coefficient (Wildman–Crippen LogP) is 3.21. The molecule has 4 heteroatoms. The van der Waals surface area contributed by atoms with Crippen LogP contribution in [-0.4, -0.2) is 16.6 Å². The van der Waals surface area contributed by atoms with Crippen LogP contribution in [0, 0.1) is 13.8 Å². The minimum absolute atomic E-state index is 0.134. The van der Waals surface area contributed by atoms with Crippen molar-refractivity contribution in [3.63, 3.8) is 0 Å². The highest BCUT2D eigenvalue weighted by Gasteiger charge is 2.16. The van der Waals surface area contributed by atoms with Gasteiger partial charge in [-0.15, -0.1) is 0 Å². The third-order valence-electron chi connectivity index (χ3n) is 3.86. The number of nitrogens with zero attached hydrogens (tertiary/aromatic N) is 2. The first-order valence-electron chi connectivity index (χ1n) is 6.83. The van der Waals surface area contributed by atoms with Gasteiger partial charge in [-0.1, -0.05) is 18.2 Å². The van der Waals surface area contributed by atoms with Crippen LogP contribution >= 0.6 is 0 Å². The van der Waals surface area contributed by atoms with Crippen LogP contribution in [0.2, 0.25) is 0 Å². The highest BCUT2D eigenvalue weighted by atomic mass is 16.3. The summed E-state index contributed by atoms with van der Waals surface area (Å²) in [5, 5.41) is 4.46. The summed E-state index contributed by atoms with van der Waals surface area (Å²) in [4.78, 5) is 4.34. The Morgan fingerprint density at radius 2 is 2.10 bits per heavy atom. The lowest BCUT2D eigenvalue weighted by molar-refractivity contribution is 0.408. The number of aryl methyl sites for hydroxylation is 1. The molecule has 0 aliphatic heterocycles. The van der Waals surface area contributed by atoms with Crippen molar-refractivity contribution in [3.05, 3.63) is 53.8 Å². The first-order valence-corrected chi connectivity index (χ1v) is 6.83. The zero-order valence-electron chi connectivity index (χ0n) is 12.1. The van der Waals surface area contributed by atoms with Gasteiger partial charge >= 0.3 is 0 Å². The summed E-state index contributed by atoms with van der Waals surface area (Å²) in [5.41, 5.74) is 3.20. The van der Waals surface area contributed by atoms with Crippen molar-refractivity contribution < 1.29 is 4.42 Å². The molecule has 0 fully saturated rings. The fourth-order valence-electron chi connectivity index (χ4n) is 2.42. The van der Waals surface area contributed by atoms with Crippen molar-refractivity contribution >= 4 is 11.0 Å². The molecule has 4 nitrogen and oxygen atoms in total. The average Bonchev–Trinajstić information content (AvgIpc) is 3.02. The summed E-state index contributed by atoms with van der Waals surface area (Å²) in [6, 6.07) is 10.3. The molecule has 0 saturated carbocycles. The molecule has 2 heterocycles. The normalized spacial score (nSPS) is 12.9. The summed E-state index contributed by atoms with van der Waals surface area (Å²) in [7, 11) is 1.96. The number of benzene rings is 1. The Bertz CT molecular complexity index is 693. The van der Waals surface area contributed by atoms with Gasteiger partial charge in [0.1, 0.15) is 11.3 Å². The molecule has 0 aliphatic rings. The van der Waals surface area contributed by atoms with E-state index in [4.69, 9.17) is 4.42 Å². The summed E-state index contributed by atoms with van der Waals surface area (Å²) in [6.45, 7) is 4.93. The van der Waals surface area contributed by atoms with Gasteiger partial charge in [-0.3, -0.25) is 0 Å². The van der Waals surface area contributed by atoms with E-state index in [9.17, 15) is 0 Å². The maximum Gasteiger partial charge on any atom is 0.134 e. The van der Waals surface area contributed by atoms with Gasteiger partial charge in [0, 0.05) is 17.6 Å². The number of fused-ring (bicyclic) bond motifs is 1. The minimum atomic E-state index is 0.134. The van der Waals surface area contributed by atoms with E-state index < -0.39 is 0 Å². The third-order valence-corrected chi connectivity index (χ3v) is 3.86. The quantitative estimate of drug-likeness (QED) is 0.791. The molecule has 1 atom stereocenters. The first kappa shape index (κ1) is 12.9. The smallest absolute Gasteiger partial charge is 0.134 e. The zero-order valence-corrected chi connectivity index (χ0v) is 12.1. The van der Waals surface area contributed by atoms with Gasteiger partial charge in [0.25, 0.3) is 0 Å². The van der Waals surface area contributed by atoms with Crippen LogP contribution in [0.15, 0.2) is 41.1 Å². The summed E-state index contributed by atoms with van der Waals surface area (Å²) < 4.78 is 8.10. The van der Waals surface area contributed by atoms with Crippen molar-refractivity contribution in [2.45, 2.75) is 26.4 Å². The maximum absolute atomic E-state index is 5.94. The average molecular weight is 269 g/mol. The van der Waals surface area contributed by atoms with Gasteiger partial charge in [-0.05, 0) is 33.0 Å². The Kier molecular flexibility index (Phi) is 3.32. The van der Waals surface area contributed by atoms with E-state index in [1.54, 1.807) is 0 Å². The second kappa shape index (κ2) is 5.13. The molecule has 0 aliphatic carbocycles. The highest BCUT2D eigenvalue weighted by molar-refractivity contribution is 5.77. The molecule has 0 amide bonds. The molecule has 1 unspecified atom stereocenters. The molecule has 2 aromatic heterocycles. The van der Waals surface area contributed by atoms with Gasteiger partial charge in [0.15, 0.2) is 0 Å². The highest BCUT2D eigenvalue weighted by Crippen LogP contribution is 2.25. The maximum atomic E-state index is 5.94. The number of furan rings is 1. The van der Waals surface area contributed by atoms with Crippen molar-refractivity contribution in [3.8, 4) is 0 Å². The minimum Gasteiger partial charge on any atom is -0.459 e. The number of aromatic nitrogens is 2. The second-order valence-corrected chi connectivity index (χ2v) is 5.10. The molecule has 20 heavy (non-hydrogen) atoms. The van der Waals surface area contributed by atoms with Crippen molar-refractivity contribution in [1.29, 1.82) is 0 Å². The Balaban J connectivity index is 1.91. The fraction of sp³-hybridized carbons (Fsp3) is 0.312. The fourth-order valence-corrected chi connectivity index (χ4v) is 2.42. The number of imidazole rings is 1. The Hall–Kier alpha value is -2.07. The Morgan fingerprint density at radius 1 is 1.30 bits per heavy atom. The Labute approximate surface area is 118 Å². The van der Waals surface area contributed by atoms with Crippen LogP contribution in [0.4, 0.5) is 0 Å². The van der Waals surface area contributed by atoms with E-state index >= 15 is 0 Å². The molecule has 0 saturated heterocycles. The van der Waals surface area contributed by atoms with Crippen molar-refractivity contribution in [1.82, 2.24) is 14.9 Å². The zero-order chi connectivity index (χ0) is 14.1. The van der Waals surface area contributed by atoms with E-state index in [0.717, 1.165) is 29.0 Å². The number of nitrogens with one attached hydrogen (secondary N) is 1. The second-order valence-electron chi connectivity index (χ2n) is 5.10. The largest absolute Gasteiger partial charge is 0.459 e. The molecular formula is C16H19N3O. The molecule has 0 radical (unpaired) electrons. The van der Waals surface area contributed by atoms with Crippen LogP contribution in [0.3, 0.4) is 0 Å². The molecule has 3 rings (SSSR count). The van der Waals surface area contributed by atoms with Gasteiger partial charge in [0.05, 0.1) is 18.1 Å². The van der Waals surface area contributed by atoms with Crippen molar-refractivity contribution in [2.24, 2.45) is 0 Å². The lowest BCUT2D eigenvalue weighted by atomic mass is 10.2. The van der Waals surface area contributed by atoms with Crippen LogP contribution in [-0.2, 0) is 6.54 Å². The number of hydrogen-bond acceptors (Lipinski definition) is 3. The summed E-state index contributed by atoms with van der Waals surface area (Å²) in [6.07, 6.45) is 1.89. The molecule has 0 spiro atoms. The van der Waals surface area contributed by atoms with E-state index in [1.165, 1.54) is 5.69 Å². The van der Waals surface area contributed by atoms with E-state index in [2.05, 4.69) is 33.9 Å². The molecule has 0 bridgehead atoms. The lowest BCUT2D eigenvalue weighted by Gasteiger charge is -2.15. The standard InChI is InChI=1S/C16H19N3O/c1-11-12(2)19(10-18-11)9-14(17-3)16-8-13-6-4-5-7-15(13)20-16/h4-8,10,14,17H,9H2,1-3H3. The third kappa shape index (κ3) is 2.23. The number of rotatable bonds is 4. The lowest BCUT2D eigenvalue weighted by Crippen LogP contribution is -2.21. The number of hydrogen-bond donors (Lipinski definition) is 1. The van der Waals surface area contributed by atoms with Crippen LogP contribution < -0.4 is 5.32 Å². The molecular weight excluding hydrogens is 250 g/mol. The van der Waals surface area contributed by atoms with Gasteiger partial charge in [0.2, 0.25) is 0 Å². The van der Waals surface area contributed by atoms with Gasteiger partial charge in [-0.25, -0.2) is 4.98 Å². The summed E-state index contributed by atoms with van der Waals surface area (Å²) >= 11 is 0. The number of para-hydroxylation sites is 1. The molecule has 1 N–H and O–H groups in total. The predicted molar refractivity (Wildman–Crippen MR) is 79.7 cm³/mol. The summed E-state index contributed by atoms with van der Waals surface area (Å²) in [5.74, 6) is 0.958. The van der Waals surface area contributed by atoms with E-state index in [1.807, 2.05) is 38.5 Å². The van der Waals surface area contributed by atoms with Crippen LogP contribution in [0.5, 0.6) is 0 Å². The molecule has 1 aromatic carbocycles. The monoisotopic (exact) mass is 269 g/mol. The van der Waals surface area contributed by atoms with Crippen LogP contribution in [0.1, 0.15) is 23.2 Å². The van der Waals surface area contributed by atoms with Crippen molar-refractivity contribution in [2.75, 3.05) is 7.05 Å². The van der Waals surface area contributed by atoms with Gasteiger partial charge in [-0.2, -0.15) is 0 Å². The molecule has 3 aromatic rings.